The van der Waals surface area contributed by atoms with E-state index < -0.39 is 0 Å². The van der Waals surface area contributed by atoms with Crippen molar-refractivity contribution in [1.82, 2.24) is 19.9 Å². The normalized spacial score (nSPS) is 13.4. The SMILES string of the molecule is CC(=O)C=C(C)O.CC(=O)C=C(C)O.CC(=O)C=C(C)O.CCC1=C(CC)C2=NC1=CC1=NC(CC3=NC(=CC4=NC(=C2)C(CC)=C4CC)C(CC)=C3CC)C(C)=C1CC.Oc1cccc2cccnc12.[C-]#[O+].[C-]#[O+].[C-]#[O+].[C-]#[O+].[Ir].[Ir].[Ir].[Pt].[Re].[c-]1c(-c2ccccn2)sc2ccccc12.[c-]1c(-c2ccccn2)sc2ccccc12.[c-]1ccccc1-c1nccc2ccccc12. The Kier molecular flexibility index (Phi) is 59.4. The van der Waals surface area contributed by atoms with Gasteiger partial charge in [-0.1, -0.05) is 139 Å². The van der Waals surface area contributed by atoms with E-state index in [4.69, 9.17) is 53.9 Å². The van der Waals surface area contributed by atoms with Gasteiger partial charge in [-0.3, -0.25) is 29.4 Å². The molecule has 11 heterocycles. The molecule has 5 aliphatic rings. The number of aliphatic hydroxyl groups excluding tert-OH is 3. The van der Waals surface area contributed by atoms with Crippen molar-refractivity contribution < 1.29 is 155 Å². The number of carbonyl (C=O) groups excluding carboxylic acids is 3. The number of fused-ring (bicyclic) bond motifs is 8. The molecule has 0 fully saturated rings. The first-order valence-electron chi connectivity index (χ1n) is 40.3. The second kappa shape index (κ2) is 64.5. The van der Waals surface area contributed by atoms with Crippen LogP contribution >= 0.6 is 22.7 Å². The van der Waals surface area contributed by atoms with Crippen LogP contribution < -0.4 is 0 Å². The van der Waals surface area contributed by atoms with Crippen molar-refractivity contribution in [3.8, 4) is 38.1 Å². The zero-order chi connectivity index (χ0) is 92.1. The molecular weight excluding hydrogens is 2560 g/mol. The van der Waals surface area contributed by atoms with Gasteiger partial charge in [0.1, 0.15) is 11.3 Å². The number of phenols is 1. The minimum Gasteiger partial charge on any atom is -0.304 e. The van der Waals surface area contributed by atoms with Gasteiger partial charge >= 0.3 is 45.2 Å². The molecule has 1 unspecified atom stereocenters. The monoisotopic (exact) mass is 2660 g/mol. The van der Waals surface area contributed by atoms with Gasteiger partial charge in [-0.25, -0.2) is 32.7 Å². The molecule has 5 aliphatic heterocycles. The van der Waals surface area contributed by atoms with E-state index in [0.717, 1.165) is 123 Å². The number of phenolic OH excluding ortho intramolecular Hbond substituents is 1. The molecule has 16 rings (SSSR count). The average Bonchev–Trinajstić information content (AvgIpc) is 1.61. The molecule has 4 radical (unpaired) electrons. The predicted molar refractivity (Wildman–Crippen MR) is 502 cm³/mol. The van der Waals surface area contributed by atoms with Crippen LogP contribution in [0.1, 0.15) is 148 Å². The number of hydrogen-bond acceptors (Lipinski definition) is 17. The first-order chi connectivity index (χ1) is 60.5. The molecule has 130 heavy (non-hydrogen) atoms. The van der Waals surface area contributed by atoms with Crippen molar-refractivity contribution >= 4 is 105 Å². The maximum atomic E-state index is 10.0. The van der Waals surface area contributed by atoms with Gasteiger partial charge in [-0.05, 0) is 222 Å². The Morgan fingerprint density at radius 3 is 1.25 bits per heavy atom. The predicted octanol–water partition coefficient (Wildman–Crippen LogP) is 25.4. The second-order valence-electron chi connectivity index (χ2n) is 27.6. The number of benzene rings is 5. The Balaban J connectivity index is 0.00000155. The minimum atomic E-state index is -0.125. The van der Waals surface area contributed by atoms with Crippen molar-refractivity contribution in [1.29, 1.82) is 0 Å². The van der Waals surface area contributed by atoms with Crippen LogP contribution in [0.15, 0.2) is 330 Å². The second-order valence-corrected chi connectivity index (χ2v) is 29.7. The zero-order valence-electron chi connectivity index (χ0n) is 74.4. The summed E-state index contributed by atoms with van der Waals surface area (Å²) in [5.74, 6) is 0.0515. The molecule has 11 aromatic rings. The van der Waals surface area contributed by atoms with Gasteiger partial charge in [-0.15, -0.1) is 83.1 Å². The fraction of sp³-hybridized carbons (Fsp3) is 0.221. The summed E-state index contributed by atoms with van der Waals surface area (Å²) in [5, 5.41) is 40.1. The van der Waals surface area contributed by atoms with E-state index in [-0.39, 0.29) is 148 Å². The number of hydrogen-bond donors (Lipinski definition) is 4. The molecule has 26 heteroatoms. The summed E-state index contributed by atoms with van der Waals surface area (Å²) in [4.78, 5) is 70.5. The summed E-state index contributed by atoms with van der Waals surface area (Å²) in [5.41, 5.74) is 23.3. The molecule has 0 amide bonds. The van der Waals surface area contributed by atoms with E-state index in [2.05, 4.69) is 187 Å². The van der Waals surface area contributed by atoms with Crippen LogP contribution in [0.5, 0.6) is 5.75 Å². The van der Waals surface area contributed by atoms with Gasteiger partial charge in [-0.2, -0.15) is 0 Å². The van der Waals surface area contributed by atoms with Crippen molar-refractivity contribution in [3.05, 3.63) is 355 Å². The average molecular weight is 2660 g/mol. The number of nitrogens with zero attached hydrogens (tertiary/aromatic N) is 8. The number of carbonyl (C=O) groups is 3. The van der Waals surface area contributed by atoms with E-state index in [0.29, 0.717) is 5.52 Å². The molecule has 5 aromatic carbocycles. The Hall–Kier alpha value is -10.3. The number of pyridine rings is 4. The van der Waals surface area contributed by atoms with Gasteiger partial charge in [0, 0.05) is 174 Å². The number of aliphatic hydroxyl groups is 3. The summed E-state index contributed by atoms with van der Waals surface area (Å²) in [6.45, 7) is 44.6. The standard InChI is InChI=1S/C35H44N4.C15H10N.2C13H8NS.C9H7NO.3C5H8O2.4CO.3Ir.Pt.Re/c1-9-21-20(8)28-16-30-22(10-2)23(11-3)32(37-30)18-34-26(14-6)27(15-7)35(39-34)19-33-25(13-5)24(12-4)31(38-33)17-29(21)36-28;1-2-7-13(8-3-1)15-14-9-5-4-6-12(14)10-11-16-15;2*1-2-7-12-10(5-1)9-13(15-12)11-6-3-4-8-14-11;11-8-5-1-3-7-4-2-6-10-9(7)8;3*1-4(6)3-5(2)7;4*1-2;;;;;/h17-19,28H,9-16H2,1-8H3;1-7,9-11H;2*1-8H;1-6,11H;3*3,6H,1-2H3;;;;;;;;;/q;3*-1;;;;;;;;;;;;;. The van der Waals surface area contributed by atoms with Gasteiger partial charge < -0.3 is 35.4 Å². The number of aliphatic imine (C=N–C) groups is 4. The van der Waals surface area contributed by atoms with Crippen molar-refractivity contribution in [2.24, 2.45) is 20.0 Å². The molecule has 682 valence electrons. The largest absolute Gasteiger partial charge is 0.304 e. The van der Waals surface area contributed by atoms with Crippen LogP contribution in [0.2, 0.25) is 0 Å². The summed E-state index contributed by atoms with van der Waals surface area (Å²) in [7, 11) is 0. The number of aromatic hydroxyl groups is 1. The topological polar surface area (TPSA) is 313 Å². The summed E-state index contributed by atoms with van der Waals surface area (Å²) >= 11 is 3.46. The fourth-order valence-electron chi connectivity index (χ4n) is 13.9. The number of thiophene rings is 2. The molecule has 0 saturated carbocycles. The van der Waals surface area contributed by atoms with Gasteiger partial charge in [0.2, 0.25) is 0 Å². The Bertz CT molecular complexity index is 5850. The van der Waals surface area contributed by atoms with Gasteiger partial charge in [0.05, 0.1) is 57.5 Å². The quantitative estimate of drug-likeness (QED) is 0.0364. The first-order valence-corrected chi connectivity index (χ1v) is 41.9. The number of allylic oxidation sites excluding steroid dienone is 16. The molecule has 1 atom stereocenters. The number of aromatic nitrogens is 4. The van der Waals surface area contributed by atoms with Crippen LogP contribution in [-0.2, 0) is 135 Å². The summed E-state index contributed by atoms with van der Waals surface area (Å²) in [6.07, 6.45) is 25.1. The maximum Gasteiger partial charge on any atom is 0.0167 e. The van der Waals surface area contributed by atoms with E-state index in [1.54, 1.807) is 41.0 Å². The Morgan fingerprint density at radius 1 is 0.438 bits per heavy atom. The van der Waals surface area contributed by atoms with Crippen LogP contribution in [0.25, 0.3) is 74.2 Å². The summed E-state index contributed by atoms with van der Waals surface area (Å²) < 4.78 is 32.5. The van der Waals surface area contributed by atoms with Crippen molar-refractivity contribution in [2.45, 2.75) is 154 Å². The molecule has 6 aromatic heterocycles. The zero-order valence-corrected chi connectivity index (χ0v) is 88.2. The molecule has 4 N–H and O–H groups in total. The molecule has 0 saturated heterocycles. The Morgan fingerprint density at radius 2 is 0.838 bits per heavy atom. The fourth-order valence-corrected chi connectivity index (χ4v) is 15.9. The molecule has 8 bridgehead atoms. The molecule has 0 aliphatic carbocycles. The van der Waals surface area contributed by atoms with Crippen molar-refractivity contribution in [2.75, 3.05) is 0 Å². The third-order valence-electron chi connectivity index (χ3n) is 19.0. The first kappa shape index (κ1) is 120. The summed E-state index contributed by atoms with van der Waals surface area (Å²) in [6, 6.07) is 65.9. The Labute approximate surface area is 839 Å². The minimum absolute atomic E-state index is 0. The van der Waals surface area contributed by atoms with Crippen molar-refractivity contribution in [3.63, 3.8) is 0 Å². The van der Waals surface area contributed by atoms with Crippen LogP contribution in [-0.4, -0.2) is 86.6 Å². The third-order valence-corrected chi connectivity index (χ3v) is 21.1. The van der Waals surface area contributed by atoms with Gasteiger partial charge in [0.25, 0.3) is 0 Å². The number of para-hydroxylation sites is 1. The smallest absolute Gasteiger partial charge is 0.0167 e. The molecular formula is C104H101Ir3N8O11PtReS2-3. The van der Waals surface area contributed by atoms with Crippen LogP contribution in [0, 0.1) is 44.8 Å². The van der Waals surface area contributed by atoms with Crippen LogP contribution in [0.3, 0.4) is 0 Å². The third kappa shape index (κ3) is 35.8. The van der Waals surface area contributed by atoms with Crippen LogP contribution in [0.4, 0.5) is 0 Å². The number of rotatable bonds is 13. The van der Waals surface area contributed by atoms with E-state index in [1.807, 2.05) is 128 Å². The van der Waals surface area contributed by atoms with Gasteiger partial charge in [0.15, 0.2) is 17.3 Å². The van der Waals surface area contributed by atoms with E-state index >= 15 is 0 Å². The van der Waals surface area contributed by atoms with E-state index in [1.165, 1.54) is 141 Å². The maximum absolute atomic E-state index is 10.0. The molecule has 0 spiro atoms. The molecule has 19 nitrogen and oxygen atoms in total. The van der Waals surface area contributed by atoms with E-state index in [9.17, 15) is 19.5 Å². The number of ketones is 3.